The first-order valence-corrected chi connectivity index (χ1v) is 5.22. The number of aldehydes is 1. The lowest BCUT2D eigenvalue weighted by molar-refractivity contribution is 0.112. The van der Waals surface area contributed by atoms with Crippen LogP contribution in [0, 0.1) is 0 Å². The molecule has 4 heteroatoms. The lowest BCUT2D eigenvalue weighted by atomic mass is 10.2. The first kappa shape index (κ1) is 10.7. The molecule has 2 aromatic rings. The Morgan fingerprint density at radius 1 is 1.31 bits per heavy atom. The molecular formula is C12H14N2O2. The monoisotopic (exact) mass is 218 g/mol. The summed E-state index contributed by atoms with van der Waals surface area (Å²) in [6.07, 6.45) is 0.756. The standard InChI is InChI=1S/C12H14N2O2/c1-8(2)14-12(16)10-6-9(7-15)4-5-11(10)13(14)3/h4-8H,1-3H3. The van der Waals surface area contributed by atoms with Gasteiger partial charge in [0.15, 0.2) is 0 Å². The molecule has 0 radical (unpaired) electrons. The van der Waals surface area contributed by atoms with Crippen molar-refractivity contribution < 1.29 is 4.79 Å². The highest BCUT2D eigenvalue weighted by atomic mass is 16.1. The Hall–Kier alpha value is -1.84. The molecule has 2 rings (SSSR count). The van der Waals surface area contributed by atoms with Crippen LogP contribution in [0.4, 0.5) is 0 Å². The summed E-state index contributed by atoms with van der Waals surface area (Å²) in [6, 6.07) is 5.27. The van der Waals surface area contributed by atoms with Crippen molar-refractivity contribution in [3.8, 4) is 0 Å². The fraction of sp³-hybridized carbons (Fsp3) is 0.333. The predicted octanol–water partition coefficient (Wildman–Crippen LogP) is 1.73. The van der Waals surface area contributed by atoms with Gasteiger partial charge >= 0.3 is 0 Å². The van der Waals surface area contributed by atoms with E-state index in [4.69, 9.17) is 0 Å². The van der Waals surface area contributed by atoms with E-state index in [0.717, 1.165) is 11.8 Å². The quantitative estimate of drug-likeness (QED) is 0.720. The van der Waals surface area contributed by atoms with E-state index in [9.17, 15) is 9.59 Å². The minimum atomic E-state index is -0.0452. The summed E-state index contributed by atoms with van der Waals surface area (Å²) in [7, 11) is 1.85. The van der Waals surface area contributed by atoms with E-state index in [1.54, 1.807) is 22.9 Å². The molecule has 1 aromatic carbocycles. The van der Waals surface area contributed by atoms with Crippen LogP contribution in [0.5, 0.6) is 0 Å². The van der Waals surface area contributed by atoms with Gasteiger partial charge in [0.25, 0.3) is 5.56 Å². The zero-order valence-electron chi connectivity index (χ0n) is 9.60. The van der Waals surface area contributed by atoms with Crippen molar-refractivity contribution in [3.63, 3.8) is 0 Å². The van der Waals surface area contributed by atoms with E-state index in [1.165, 1.54) is 0 Å². The largest absolute Gasteiger partial charge is 0.298 e. The van der Waals surface area contributed by atoms with Gasteiger partial charge in [-0.2, -0.15) is 0 Å². The van der Waals surface area contributed by atoms with Gasteiger partial charge in [-0.05, 0) is 32.0 Å². The van der Waals surface area contributed by atoms with Crippen LogP contribution in [0.15, 0.2) is 23.0 Å². The van der Waals surface area contributed by atoms with Crippen molar-refractivity contribution in [1.82, 2.24) is 9.36 Å². The van der Waals surface area contributed by atoms with Crippen LogP contribution < -0.4 is 5.56 Å². The van der Waals surface area contributed by atoms with Gasteiger partial charge in [0.05, 0.1) is 10.9 Å². The van der Waals surface area contributed by atoms with Crippen LogP contribution in [0.2, 0.25) is 0 Å². The van der Waals surface area contributed by atoms with E-state index in [2.05, 4.69) is 0 Å². The lowest BCUT2D eigenvalue weighted by Crippen LogP contribution is -2.23. The number of aryl methyl sites for hydroxylation is 1. The fourth-order valence-corrected chi connectivity index (χ4v) is 2.04. The van der Waals surface area contributed by atoms with Gasteiger partial charge in [-0.15, -0.1) is 0 Å². The summed E-state index contributed by atoms with van der Waals surface area (Å²) in [4.78, 5) is 22.8. The van der Waals surface area contributed by atoms with Crippen molar-refractivity contribution in [3.05, 3.63) is 34.1 Å². The maximum Gasteiger partial charge on any atom is 0.274 e. The van der Waals surface area contributed by atoms with Crippen molar-refractivity contribution in [2.75, 3.05) is 0 Å². The Morgan fingerprint density at radius 2 is 2.00 bits per heavy atom. The second kappa shape index (κ2) is 3.63. The number of fused-ring (bicyclic) bond motifs is 1. The van der Waals surface area contributed by atoms with E-state index >= 15 is 0 Å². The van der Waals surface area contributed by atoms with Gasteiger partial charge in [-0.1, -0.05) is 0 Å². The Balaban J connectivity index is 2.88. The van der Waals surface area contributed by atoms with Gasteiger partial charge in [-0.25, -0.2) is 4.68 Å². The van der Waals surface area contributed by atoms with Crippen LogP contribution in [-0.4, -0.2) is 15.6 Å². The summed E-state index contributed by atoms with van der Waals surface area (Å²) in [6.45, 7) is 3.92. The molecule has 1 aromatic heterocycles. The minimum absolute atomic E-state index is 0.0452. The summed E-state index contributed by atoms with van der Waals surface area (Å²) in [5.41, 5.74) is 1.34. The number of aromatic nitrogens is 2. The van der Waals surface area contributed by atoms with Crippen molar-refractivity contribution in [2.45, 2.75) is 19.9 Å². The zero-order chi connectivity index (χ0) is 11.9. The lowest BCUT2D eigenvalue weighted by Gasteiger charge is -2.10. The topological polar surface area (TPSA) is 44.0 Å². The average molecular weight is 218 g/mol. The van der Waals surface area contributed by atoms with Gasteiger partial charge in [-0.3, -0.25) is 14.3 Å². The van der Waals surface area contributed by atoms with Crippen LogP contribution >= 0.6 is 0 Å². The molecule has 0 aliphatic rings. The molecule has 0 unspecified atom stereocenters. The molecule has 84 valence electrons. The second-order valence-electron chi connectivity index (χ2n) is 4.16. The third-order valence-corrected chi connectivity index (χ3v) is 2.76. The molecule has 1 heterocycles. The van der Waals surface area contributed by atoms with Gasteiger partial charge in [0, 0.05) is 18.7 Å². The third-order valence-electron chi connectivity index (χ3n) is 2.76. The highest BCUT2D eigenvalue weighted by Gasteiger charge is 2.12. The molecule has 0 N–H and O–H groups in total. The number of carbonyl (C=O) groups excluding carboxylic acids is 1. The molecule has 0 amide bonds. The third kappa shape index (κ3) is 1.38. The normalized spacial score (nSPS) is 11.2. The fourth-order valence-electron chi connectivity index (χ4n) is 2.04. The second-order valence-corrected chi connectivity index (χ2v) is 4.16. The first-order chi connectivity index (χ1) is 7.56. The molecule has 0 saturated heterocycles. The van der Waals surface area contributed by atoms with Crippen molar-refractivity contribution >= 4 is 17.2 Å². The molecule has 0 fully saturated rings. The molecule has 0 saturated carbocycles. The predicted molar refractivity (Wildman–Crippen MR) is 63.0 cm³/mol. The Bertz CT molecular complexity index is 605. The SMILES string of the molecule is CC(C)n1c(=O)c2cc(C=O)ccc2n1C. The molecule has 0 atom stereocenters. The van der Waals surface area contributed by atoms with E-state index in [-0.39, 0.29) is 11.6 Å². The van der Waals surface area contributed by atoms with Crippen LogP contribution in [-0.2, 0) is 7.05 Å². The summed E-state index contributed by atoms with van der Waals surface area (Å²) in [5, 5.41) is 0.598. The smallest absolute Gasteiger partial charge is 0.274 e. The summed E-state index contributed by atoms with van der Waals surface area (Å²) in [5.74, 6) is 0. The summed E-state index contributed by atoms with van der Waals surface area (Å²) >= 11 is 0. The molecule has 0 spiro atoms. The first-order valence-electron chi connectivity index (χ1n) is 5.22. The Kier molecular flexibility index (Phi) is 2.42. The minimum Gasteiger partial charge on any atom is -0.298 e. The molecule has 0 aliphatic heterocycles. The van der Waals surface area contributed by atoms with E-state index in [1.807, 2.05) is 25.6 Å². The number of hydrogen-bond acceptors (Lipinski definition) is 2. The van der Waals surface area contributed by atoms with E-state index in [0.29, 0.717) is 10.9 Å². The molecule has 0 aliphatic carbocycles. The highest BCUT2D eigenvalue weighted by Crippen LogP contribution is 2.14. The van der Waals surface area contributed by atoms with Crippen molar-refractivity contribution in [2.24, 2.45) is 7.05 Å². The Labute approximate surface area is 93.1 Å². The maximum absolute atomic E-state index is 12.1. The Morgan fingerprint density at radius 3 is 2.56 bits per heavy atom. The van der Waals surface area contributed by atoms with Crippen LogP contribution in [0.3, 0.4) is 0 Å². The number of hydrogen-bond donors (Lipinski definition) is 0. The van der Waals surface area contributed by atoms with Gasteiger partial charge < -0.3 is 0 Å². The molecular weight excluding hydrogens is 204 g/mol. The highest BCUT2D eigenvalue weighted by molar-refractivity contribution is 5.86. The number of carbonyl (C=O) groups is 1. The van der Waals surface area contributed by atoms with Gasteiger partial charge in [0.1, 0.15) is 6.29 Å². The van der Waals surface area contributed by atoms with E-state index < -0.39 is 0 Å². The average Bonchev–Trinajstić information content (AvgIpc) is 2.51. The zero-order valence-corrected chi connectivity index (χ0v) is 9.60. The number of benzene rings is 1. The molecule has 0 bridgehead atoms. The number of rotatable bonds is 2. The molecule has 16 heavy (non-hydrogen) atoms. The van der Waals surface area contributed by atoms with Gasteiger partial charge in [0.2, 0.25) is 0 Å². The number of nitrogens with zero attached hydrogens (tertiary/aromatic N) is 2. The molecule has 4 nitrogen and oxygen atoms in total. The maximum atomic E-state index is 12.1. The van der Waals surface area contributed by atoms with Crippen LogP contribution in [0.25, 0.3) is 10.9 Å². The summed E-state index contributed by atoms with van der Waals surface area (Å²) < 4.78 is 3.51. The van der Waals surface area contributed by atoms with Crippen LogP contribution in [0.1, 0.15) is 30.2 Å². The van der Waals surface area contributed by atoms with Crippen molar-refractivity contribution in [1.29, 1.82) is 0 Å².